The Kier molecular flexibility index (Phi) is 3.52. The van der Waals surface area contributed by atoms with Crippen LogP contribution in [0.15, 0.2) is 30.3 Å². The molecule has 0 spiro atoms. The van der Waals surface area contributed by atoms with Crippen LogP contribution in [0.25, 0.3) is 0 Å². The summed E-state index contributed by atoms with van der Waals surface area (Å²) in [6.07, 6.45) is 0.425. The van der Waals surface area contributed by atoms with Crippen molar-refractivity contribution in [1.82, 2.24) is 0 Å². The van der Waals surface area contributed by atoms with Crippen molar-refractivity contribution in [2.75, 3.05) is 0 Å². The first-order chi connectivity index (χ1) is 9.56. The molecular formula is C14H10Br2O4. The first kappa shape index (κ1) is 13.6. The highest BCUT2D eigenvalue weighted by molar-refractivity contribution is 9.24. The number of alkyl halides is 2. The Bertz CT molecular complexity index is 670. The van der Waals surface area contributed by atoms with Gasteiger partial charge in [0.1, 0.15) is 0 Å². The summed E-state index contributed by atoms with van der Waals surface area (Å²) in [5, 5.41) is 19.8. The predicted octanol–water partition coefficient (Wildman–Crippen LogP) is 4.65. The van der Waals surface area contributed by atoms with Gasteiger partial charge in [0.2, 0.25) is 0 Å². The molecule has 0 fully saturated rings. The van der Waals surface area contributed by atoms with E-state index in [1.54, 1.807) is 12.1 Å². The summed E-state index contributed by atoms with van der Waals surface area (Å²) in [6, 6.07) is 8.58. The van der Waals surface area contributed by atoms with Crippen LogP contribution in [-0.2, 0) is 6.42 Å². The third kappa shape index (κ3) is 2.33. The molecule has 0 radical (unpaired) electrons. The van der Waals surface area contributed by atoms with E-state index in [4.69, 9.17) is 9.47 Å². The SMILES string of the molecule is Oc1cc2c(c(CC(Br)Br)c1O)Oc1ccccc1O2. The maximum absolute atomic E-state index is 10.0. The summed E-state index contributed by atoms with van der Waals surface area (Å²) < 4.78 is 11.5. The van der Waals surface area contributed by atoms with Crippen molar-refractivity contribution >= 4 is 31.9 Å². The molecule has 0 atom stereocenters. The minimum absolute atomic E-state index is 0.0624. The van der Waals surface area contributed by atoms with Crippen LogP contribution in [0, 0.1) is 0 Å². The molecule has 2 N–H and O–H groups in total. The quantitative estimate of drug-likeness (QED) is 0.484. The smallest absolute Gasteiger partial charge is 0.177 e. The van der Waals surface area contributed by atoms with Crippen molar-refractivity contribution in [2.45, 2.75) is 10.2 Å². The summed E-state index contributed by atoms with van der Waals surface area (Å²) in [7, 11) is 0. The zero-order valence-corrected chi connectivity index (χ0v) is 13.3. The average Bonchev–Trinajstić information content (AvgIpc) is 2.42. The molecule has 1 aliphatic rings. The molecular weight excluding hydrogens is 392 g/mol. The lowest BCUT2D eigenvalue weighted by Gasteiger charge is -2.24. The molecule has 3 rings (SSSR count). The fraction of sp³-hybridized carbons (Fsp3) is 0.143. The second-order valence-electron chi connectivity index (χ2n) is 4.30. The van der Waals surface area contributed by atoms with Crippen molar-refractivity contribution in [1.29, 1.82) is 0 Å². The number of aromatic hydroxyl groups is 2. The lowest BCUT2D eigenvalue weighted by atomic mass is 10.1. The Labute approximate surface area is 132 Å². The first-order valence-electron chi connectivity index (χ1n) is 5.87. The number of benzene rings is 2. The Morgan fingerprint density at radius 3 is 2.30 bits per heavy atom. The van der Waals surface area contributed by atoms with Crippen LogP contribution < -0.4 is 9.47 Å². The Morgan fingerprint density at radius 2 is 1.65 bits per heavy atom. The van der Waals surface area contributed by atoms with E-state index in [9.17, 15) is 10.2 Å². The third-order valence-electron chi connectivity index (χ3n) is 2.93. The van der Waals surface area contributed by atoms with Gasteiger partial charge in [-0.15, -0.1) is 0 Å². The minimum atomic E-state index is -0.234. The lowest BCUT2D eigenvalue weighted by molar-refractivity contribution is 0.341. The molecule has 0 aliphatic carbocycles. The van der Waals surface area contributed by atoms with E-state index in [1.807, 2.05) is 12.1 Å². The first-order valence-corrected chi connectivity index (χ1v) is 7.70. The summed E-state index contributed by atoms with van der Waals surface area (Å²) in [5.41, 5.74) is 0.480. The molecule has 0 saturated carbocycles. The zero-order valence-electron chi connectivity index (χ0n) is 10.1. The number of ether oxygens (including phenoxy) is 2. The van der Waals surface area contributed by atoms with E-state index in [-0.39, 0.29) is 15.2 Å². The Balaban J connectivity index is 2.13. The minimum Gasteiger partial charge on any atom is -0.504 e. The molecule has 0 unspecified atom stereocenters. The second kappa shape index (κ2) is 5.18. The van der Waals surface area contributed by atoms with Gasteiger partial charge in [0, 0.05) is 18.1 Å². The molecule has 0 amide bonds. The predicted molar refractivity (Wildman–Crippen MR) is 81.7 cm³/mol. The number of halogens is 2. The van der Waals surface area contributed by atoms with Gasteiger partial charge in [-0.3, -0.25) is 0 Å². The van der Waals surface area contributed by atoms with Gasteiger partial charge in [0.05, 0.1) is 3.74 Å². The molecule has 2 aromatic rings. The highest BCUT2D eigenvalue weighted by Gasteiger charge is 2.26. The largest absolute Gasteiger partial charge is 0.504 e. The molecule has 0 aromatic heterocycles. The molecule has 0 saturated heterocycles. The maximum Gasteiger partial charge on any atom is 0.177 e. The number of fused-ring (bicyclic) bond motifs is 2. The molecule has 4 nitrogen and oxygen atoms in total. The van der Waals surface area contributed by atoms with Gasteiger partial charge in [-0.1, -0.05) is 44.0 Å². The maximum atomic E-state index is 10.0. The molecule has 1 heterocycles. The van der Waals surface area contributed by atoms with Crippen LogP contribution in [0.3, 0.4) is 0 Å². The van der Waals surface area contributed by atoms with Crippen LogP contribution in [0.5, 0.6) is 34.5 Å². The normalized spacial score (nSPS) is 12.3. The topological polar surface area (TPSA) is 58.9 Å². The van der Waals surface area contributed by atoms with E-state index in [1.165, 1.54) is 6.07 Å². The number of para-hydroxylation sites is 2. The van der Waals surface area contributed by atoms with Gasteiger partial charge in [-0.05, 0) is 12.1 Å². The number of hydrogen-bond donors (Lipinski definition) is 2. The van der Waals surface area contributed by atoms with Crippen LogP contribution in [0.1, 0.15) is 5.56 Å². The van der Waals surface area contributed by atoms with E-state index in [2.05, 4.69) is 31.9 Å². The van der Waals surface area contributed by atoms with E-state index < -0.39 is 0 Å². The van der Waals surface area contributed by atoms with Gasteiger partial charge in [0.15, 0.2) is 34.5 Å². The number of phenolic OH excluding ortho intramolecular Hbond substituents is 2. The zero-order chi connectivity index (χ0) is 14.3. The molecule has 6 heteroatoms. The van der Waals surface area contributed by atoms with Gasteiger partial charge in [-0.25, -0.2) is 0 Å². The van der Waals surface area contributed by atoms with Crippen molar-refractivity contribution < 1.29 is 19.7 Å². The van der Waals surface area contributed by atoms with Crippen LogP contribution in [0.2, 0.25) is 0 Å². The lowest BCUT2D eigenvalue weighted by Crippen LogP contribution is -2.04. The van der Waals surface area contributed by atoms with Crippen LogP contribution in [0.4, 0.5) is 0 Å². The third-order valence-corrected chi connectivity index (χ3v) is 3.58. The summed E-state index contributed by atoms with van der Waals surface area (Å²) in [4.78, 5) is 0. The van der Waals surface area contributed by atoms with Crippen LogP contribution >= 0.6 is 31.9 Å². The molecule has 1 aliphatic heterocycles. The van der Waals surface area contributed by atoms with Crippen molar-refractivity contribution in [3.8, 4) is 34.5 Å². The van der Waals surface area contributed by atoms with Gasteiger partial charge in [-0.2, -0.15) is 0 Å². The second-order valence-corrected chi connectivity index (χ2v) is 7.74. The molecule has 2 aromatic carbocycles. The van der Waals surface area contributed by atoms with Crippen molar-refractivity contribution in [2.24, 2.45) is 0 Å². The highest BCUT2D eigenvalue weighted by atomic mass is 79.9. The average molecular weight is 402 g/mol. The van der Waals surface area contributed by atoms with Gasteiger partial charge in [0.25, 0.3) is 0 Å². The van der Waals surface area contributed by atoms with E-state index in [0.29, 0.717) is 35.0 Å². The monoisotopic (exact) mass is 400 g/mol. The summed E-state index contributed by atoms with van der Waals surface area (Å²) in [5.74, 6) is 1.52. The Hall–Kier alpha value is -1.40. The summed E-state index contributed by atoms with van der Waals surface area (Å²) >= 11 is 6.71. The highest BCUT2D eigenvalue weighted by Crippen LogP contribution is 2.52. The number of phenols is 2. The van der Waals surface area contributed by atoms with Gasteiger partial charge < -0.3 is 19.7 Å². The van der Waals surface area contributed by atoms with E-state index in [0.717, 1.165) is 0 Å². The summed E-state index contributed by atoms with van der Waals surface area (Å²) in [6.45, 7) is 0. The molecule has 20 heavy (non-hydrogen) atoms. The molecule has 0 bridgehead atoms. The van der Waals surface area contributed by atoms with E-state index >= 15 is 0 Å². The molecule has 104 valence electrons. The van der Waals surface area contributed by atoms with Crippen molar-refractivity contribution in [3.05, 3.63) is 35.9 Å². The number of hydrogen-bond acceptors (Lipinski definition) is 4. The fourth-order valence-electron chi connectivity index (χ4n) is 2.05. The fourth-order valence-corrected chi connectivity index (χ4v) is 2.70. The number of rotatable bonds is 2. The van der Waals surface area contributed by atoms with Gasteiger partial charge >= 0.3 is 0 Å². The Morgan fingerprint density at radius 1 is 1.00 bits per heavy atom. The van der Waals surface area contributed by atoms with Crippen LogP contribution in [-0.4, -0.2) is 13.9 Å². The standard InChI is InChI=1S/C14H10Br2O4/c15-12(16)5-7-13(18)8(17)6-11-14(7)20-10-4-2-1-3-9(10)19-11/h1-4,6,12,17-18H,5H2. The van der Waals surface area contributed by atoms with Crippen molar-refractivity contribution in [3.63, 3.8) is 0 Å².